The van der Waals surface area contributed by atoms with Crippen molar-refractivity contribution in [1.82, 2.24) is 24.7 Å². The largest absolute Gasteiger partial charge is 0.494 e. The summed E-state index contributed by atoms with van der Waals surface area (Å²) < 4.78 is 46.1. The van der Waals surface area contributed by atoms with Gasteiger partial charge in [-0.25, -0.2) is 18.4 Å². The van der Waals surface area contributed by atoms with Crippen molar-refractivity contribution in [1.29, 1.82) is 0 Å². The zero-order valence-corrected chi connectivity index (χ0v) is 22.5. The number of aromatic nitrogens is 5. The average molecular weight is 536 g/mol. The minimum absolute atomic E-state index is 0.180. The number of para-hydroxylation sites is 1. The van der Waals surface area contributed by atoms with Crippen molar-refractivity contribution in [3.05, 3.63) is 53.1 Å². The molecular weight excluding hydrogens is 506 g/mol. The highest BCUT2D eigenvalue weighted by Crippen LogP contribution is 2.40. The summed E-state index contributed by atoms with van der Waals surface area (Å²) in [7, 11) is -0.633. The molecule has 36 heavy (non-hydrogen) atoms. The van der Waals surface area contributed by atoms with E-state index in [4.69, 9.17) is 25.8 Å². The molecule has 0 spiro atoms. The van der Waals surface area contributed by atoms with Crippen LogP contribution in [0.1, 0.15) is 56.7 Å². The summed E-state index contributed by atoms with van der Waals surface area (Å²) >= 11 is 5.89. The molecule has 3 aromatic rings. The van der Waals surface area contributed by atoms with Crippen LogP contribution in [0.4, 0.5) is 0 Å². The second-order valence-electron chi connectivity index (χ2n) is 8.94. The first-order valence-electron chi connectivity index (χ1n) is 11.6. The Morgan fingerprint density at radius 1 is 1.14 bits per heavy atom. The van der Waals surface area contributed by atoms with Crippen molar-refractivity contribution in [3.8, 4) is 17.2 Å². The maximum absolute atomic E-state index is 13.6. The second kappa shape index (κ2) is 10.7. The van der Waals surface area contributed by atoms with Crippen molar-refractivity contribution < 1.29 is 22.6 Å². The van der Waals surface area contributed by atoms with Crippen LogP contribution in [0.25, 0.3) is 5.69 Å². The standard InChI is InChI=1S/C24H30ClN5O5S/c1-14-9-10-35-22(14)24-29-28-20(30(24)21-18(33-4)7-6-8-19(21)34-5)13-36(31,32)16(3)15(2)23-26-11-17(25)12-27-23/h6-8,11-12,14-16,22H,9-10,13H2,1-5H3/t14-,15+,16+,22+/m1/s1. The summed E-state index contributed by atoms with van der Waals surface area (Å²) in [6.07, 6.45) is 3.44. The zero-order valence-electron chi connectivity index (χ0n) is 20.9. The van der Waals surface area contributed by atoms with Crippen LogP contribution in [-0.4, -0.2) is 59.2 Å². The van der Waals surface area contributed by atoms with E-state index in [0.29, 0.717) is 40.5 Å². The number of rotatable bonds is 9. The number of halogens is 1. The third-order valence-electron chi connectivity index (χ3n) is 6.67. The number of benzene rings is 1. The molecule has 0 aliphatic carbocycles. The minimum atomic E-state index is -3.72. The molecule has 4 atom stereocenters. The van der Waals surface area contributed by atoms with Gasteiger partial charge < -0.3 is 14.2 Å². The number of sulfone groups is 1. The van der Waals surface area contributed by atoms with E-state index in [1.807, 2.05) is 0 Å². The molecule has 1 aromatic carbocycles. The summed E-state index contributed by atoms with van der Waals surface area (Å²) in [5.74, 6) is 1.49. The number of nitrogens with zero attached hydrogens (tertiary/aromatic N) is 5. The van der Waals surface area contributed by atoms with E-state index >= 15 is 0 Å². The number of methoxy groups -OCH3 is 2. The molecule has 194 valence electrons. The predicted molar refractivity (Wildman–Crippen MR) is 134 cm³/mol. The van der Waals surface area contributed by atoms with Crippen molar-refractivity contribution in [2.45, 2.75) is 50.2 Å². The molecule has 0 radical (unpaired) electrons. The molecule has 4 rings (SSSR count). The van der Waals surface area contributed by atoms with E-state index in [9.17, 15) is 8.42 Å². The Balaban J connectivity index is 1.78. The molecule has 1 saturated heterocycles. The molecule has 1 fully saturated rings. The minimum Gasteiger partial charge on any atom is -0.494 e. The van der Waals surface area contributed by atoms with Gasteiger partial charge in [0.05, 0.1) is 24.5 Å². The molecule has 0 saturated carbocycles. The van der Waals surface area contributed by atoms with Gasteiger partial charge in [0.1, 0.15) is 34.9 Å². The van der Waals surface area contributed by atoms with Crippen molar-refractivity contribution in [2.75, 3.05) is 20.8 Å². The monoisotopic (exact) mass is 535 g/mol. The Kier molecular flexibility index (Phi) is 7.82. The lowest BCUT2D eigenvalue weighted by atomic mass is 10.0. The van der Waals surface area contributed by atoms with Gasteiger partial charge in [-0.3, -0.25) is 4.57 Å². The Morgan fingerprint density at radius 2 is 1.78 bits per heavy atom. The quantitative estimate of drug-likeness (QED) is 0.401. The summed E-state index contributed by atoms with van der Waals surface area (Å²) in [6, 6.07) is 5.36. The second-order valence-corrected chi connectivity index (χ2v) is 11.7. The zero-order chi connectivity index (χ0) is 26.0. The maximum Gasteiger partial charge on any atom is 0.167 e. The number of ether oxygens (including phenoxy) is 3. The van der Waals surface area contributed by atoms with Crippen molar-refractivity contribution in [2.24, 2.45) is 5.92 Å². The van der Waals surface area contributed by atoms with E-state index < -0.39 is 21.0 Å². The van der Waals surface area contributed by atoms with Gasteiger partial charge in [-0.1, -0.05) is 31.5 Å². The maximum atomic E-state index is 13.6. The Labute approximate surface area is 215 Å². The fraction of sp³-hybridized carbons (Fsp3) is 0.500. The SMILES string of the molecule is COc1cccc(OC)c1-n1c(CS(=O)(=O)[C@@H](C)[C@H](C)c2ncc(Cl)cn2)nnc1[C@H]1OCC[C@H]1C. The first-order chi connectivity index (χ1) is 17.2. The highest BCUT2D eigenvalue weighted by Gasteiger charge is 2.36. The van der Waals surface area contributed by atoms with Crippen LogP contribution >= 0.6 is 11.6 Å². The van der Waals surface area contributed by atoms with E-state index in [0.717, 1.165) is 6.42 Å². The van der Waals surface area contributed by atoms with Gasteiger partial charge in [0, 0.05) is 24.9 Å². The summed E-state index contributed by atoms with van der Waals surface area (Å²) in [5, 5.41) is 8.32. The van der Waals surface area contributed by atoms with E-state index in [1.165, 1.54) is 12.4 Å². The van der Waals surface area contributed by atoms with Gasteiger partial charge >= 0.3 is 0 Å². The number of hydrogen-bond acceptors (Lipinski definition) is 9. The lowest BCUT2D eigenvalue weighted by Crippen LogP contribution is -2.27. The summed E-state index contributed by atoms with van der Waals surface area (Å²) in [5.41, 5.74) is 0.525. The predicted octanol–water partition coefficient (Wildman–Crippen LogP) is 3.93. The highest BCUT2D eigenvalue weighted by molar-refractivity contribution is 7.91. The smallest absolute Gasteiger partial charge is 0.167 e. The van der Waals surface area contributed by atoms with Crippen molar-refractivity contribution in [3.63, 3.8) is 0 Å². The summed E-state index contributed by atoms with van der Waals surface area (Å²) in [4.78, 5) is 8.41. The molecule has 0 amide bonds. The molecule has 2 aromatic heterocycles. The van der Waals surface area contributed by atoms with E-state index in [1.54, 1.807) is 50.8 Å². The molecule has 1 aliphatic heterocycles. The van der Waals surface area contributed by atoms with Gasteiger partial charge in [0.2, 0.25) is 0 Å². The topological polar surface area (TPSA) is 118 Å². The molecule has 3 heterocycles. The molecule has 0 N–H and O–H groups in total. The fourth-order valence-corrected chi connectivity index (χ4v) is 5.97. The molecule has 10 nitrogen and oxygen atoms in total. The molecule has 12 heteroatoms. The lowest BCUT2D eigenvalue weighted by Gasteiger charge is -2.22. The Bertz CT molecular complexity index is 1290. The first kappa shape index (κ1) is 26.3. The van der Waals surface area contributed by atoms with E-state index in [-0.39, 0.29) is 23.6 Å². The van der Waals surface area contributed by atoms with Crippen molar-refractivity contribution >= 4 is 21.4 Å². The number of hydrogen-bond donors (Lipinski definition) is 0. The van der Waals surface area contributed by atoms with Crippen LogP contribution in [-0.2, 0) is 20.3 Å². The molecule has 0 unspecified atom stereocenters. The Morgan fingerprint density at radius 3 is 2.33 bits per heavy atom. The molecular formula is C24H30ClN5O5S. The van der Waals surface area contributed by atoms with Crippen LogP contribution in [0.3, 0.4) is 0 Å². The normalized spacial score (nSPS) is 19.7. The van der Waals surface area contributed by atoms with Gasteiger partial charge in [-0.15, -0.1) is 10.2 Å². The molecule has 1 aliphatic rings. The van der Waals surface area contributed by atoms with E-state index in [2.05, 4.69) is 27.1 Å². The highest BCUT2D eigenvalue weighted by atomic mass is 35.5. The van der Waals surface area contributed by atoms with Crippen LogP contribution in [0.5, 0.6) is 11.5 Å². The first-order valence-corrected chi connectivity index (χ1v) is 13.7. The van der Waals surface area contributed by atoms with Crippen LogP contribution < -0.4 is 9.47 Å². The van der Waals surface area contributed by atoms with Crippen LogP contribution in [0, 0.1) is 5.92 Å². The Hall–Kier alpha value is -2.76. The third kappa shape index (κ3) is 5.05. The van der Waals surface area contributed by atoms with Gasteiger partial charge in [0.25, 0.3) is 0 Å². The fourth-order valence-electron chi connectivity index (χ4n) is 4.32. The third-order valence-corrected chi connectivity index (χ3v) is 9.07. The lowest BCUT2D eigenvalue weighted by molar-refractivity contribution is 0.0856. The summed E-state index contributed by atoms with van der Waals surface area (Å²) in [6.45, 7) is 6.08. The van der Waals surface area contributed by atoms with Crippen LogP contribution in [0.15, 0.2) is 30.6 Å². The molecule has 0 bridgehead atoms. The van der Waals surface area contributed by atoms with Crippen LogP contribution in [0.2, 0.25) is 5.02 Å². The van der Waals surface area contributed by atoms with Gasteiger partial charge in [-0.2, -0.15) is 0 Å². The average Bonchev–Trinajstić information content (AvgIpc) is 3.47. The van der Waals surface area contributed by atoms with Gasteiger partial charge in [-0.05, 0) is 31.4 Å². The van der Waals surface area contributed by atoms with Gasteiger partial charge in [0.15, 0.2) is 21.5 Å².